The largest absolute Gasteiger partial charge is 0.478 e. The number of rotatable bonds is 4. The number of amides is 1. The maximum absolute atomic E-state index is 11.8. The number of hydrogen-bond donors (Lipinski definition) is 2. The summed E-state index contributed by atoms with van der Waals surface area (Å²) < 4.78 is 0.947. The standard InChI is InChI=1S/C13H10BrNO3S/c14-9-3-1-8(2-4-9)7-11(16)15-12-10(13(17)18)5-6-19-12/h1-6H,7H2,(H,15,16)(H,17,18). The molecule has 0 saturated heterocycles. The first-order chi connectivity index (χ1) is 9.06. The van der Waals surface area contributed by atoms with Gasteiger partial charge in [-0.25, -0.2) is 4.79 Å². The number of halogens is 1. The van der Waals surface area contributed by atoms with Gasteiger partial charge in [0, 0.05) is 4.47 Å². The quantitative estimate of drug-likeness (QED) is 0.897. The number of carboxylic acid groups (broad SMARTS) is 1. The van der Waals surface area contributed by atoms with E-state index in [2.05, 4.69) is 21.2 Å². The van der Waals surface area contributed by atoms with Gasteiger partial charge < -0.3 is 10.4 Å². The lowest BCUT2D eigenvalue weighted by Gasteiger charge is -2.04. The van der Waals surface area contributed by atoms with Crippen molar-refractivity contribution in [2.75, 3.05) is 5.32 Å². The zero-order valence-electron chi connectivity index (χ0n) is 9.72. The second-order valence-corrected chi connectivity index (χ2v) is 5.65. The molecule has 0 atom stereocenters. The summed E-state index contributed by atoms with van der Waals surface area (Å²) in [5.74, 6) is -1.27. The number of carboxylic acids is 1. The Hall–Kier alpha value is -1.66. The van der Waals surface area contributed by atoms with E-state index in [-0.39, 0.29) is 17.9 Å². The predicted molar refractivity (Wildman–Crippen MR) is 77.8 cm³/mol. The van der Waals surface area contributed by atoms with E-state index < -0.39 is 5.97 Å². The summed E-state index contributed by atoms with van der Waals surface area (Å²) >= 11 is 4.52. The van der Waals surface area contributed by atoms with Crippen LogP contribution in [0.3, 0.4) is 0 Å². The molecule has 1 heterocycles. The van der Waals surface area contributed by atoms with E-state index in [4.69, 9.17) is 5.11 Å². The van der Waals surface area contributed by atoms with Crippen molar-refractivity contribution < 1.29 is 14.7 Å². The van der Waals surface area contributed by atoms with Gasteiger partial charge in [0.05, 0.1) is 12.0 Å². The van der Waals surface area contributed by atoms with Gasteiger partial charge in [0.25, 0.3) is 0 Å². The summed E-state index contributed by atoms with van der Waals surface area (Å²) in [6, 6.07) is 8.88. The van der Waals surface area contributed by atoms with Crippen molar-refractivity contribution in [1.29, 1.82) is 0 Å². The summed E-state index contributed by atoms with van der Waals surface area (Å²) in [5.41, 5.74) is 0.989. The van der Waals surface area contributed by atoms with E-state index in [1.54, 1.807) is 5.38 Å². The number of nitrogens with one attached hydrogen (secondary N) is 1. The summed E-state index contributed by atoms with van der Waals surface area (Å²) in [7, 11) is 0. The van der Waals surface area contributed by atoms with Crippen LogP contribution in [-0.4, -0.2) is 17.0 Å². The van der Waals surface area contributed by atoms with Gasteiger partial charge in [-0.05, 0) is 29.1 Å². The molecule has 0 aliphatic rings. The molecule has 0 saturated carbocycles. The van der Waals surface area contributed by atoms with Crippen molar-refractivity contribution in [3.63, 3.8) is 0 Å². The van der Waals surface area contributed by atoms with Crippen molar-refractivity contribution in [3.8, 4) is 0 Å². The van der Waals surface area contributed by atoms with Gasteiger partial charge >= 0.3 is 5.97 Å². The van der Waals surface area contributed by atoms with Crippen LogP contribution in [0.2, 0.25) is 0 Å². The average molecular weight is 340 g/mol. The number of thiophene rings is 1. The number of anilines is 1. The number of aromatic carboxylic acids is 1. The molecular weight excluding hydrogens is 330 g/mol. The van der Waals surface area contributed by atoms with Gasteiger partial charge in [0.15, 0.2) is 0 Å². The maximum Gasteiger partial charge on any atom is 0.338 e. The summed E-state index contributed by atoms with van der Waals surface area (Å²) in [5, 5.41) is 13.6. The van der Waals surface area contributed by atoms with Crippen molar-refractivity contribution in [2.24, 2.45) is 0 Å². The van der Waals surface area contributed by atoms with Crippen LogP contribution in [0, 0.1) is 0 Å². The van der Waals surface area contributed by atoms with Crippen LogP contribution in [0.25, 0.3) is 0 Å². The summed E-state index contributed by atoms with van der Waals surface area (Å²) in [6.07, 6.45) is 0.213. The van der Waals surface area contributed by atoms with E-state index in [9.17, 15) is 9.59 Å². The number of carbonyl (C=O) groups is 2. The van der Waals surface area contributed by atoms with Crippen molar-refractivity contribution in [1.82, 2.24) is 0 Å². The molecule has 0 aliphatic carbocycles. The van der Waals surface area contributed by atoms with Gasteiger partial charge in [-0.3, -0.25) is 4.79 Å². The lowest BCUT2D eigenvalue weighted by molar-refractivity contribution is -0.115. The molecule has 1 aromatic carbocycles. The fraction of sp³-hybridized carbons (Fsp3) is 0.0769. The molecule has 4 nitrogen and oxygen atoms in total. The predicted octanol–water partition coefficient (Wildman–Crippen LogP) is 3.39. The molecule has 2 aromatic rings. The molecule has 0 unspecified atom stereocenters. The van der Waals surface area contributed by atoms with Gasteiger partial charge in [0.1, 0.15) is 5.00 Å². The van der Waals surface area contributed by atoms with Crippen molar-refractivity contribution in [3.05, 3.63) is 51.3 Å². The maximum atomic E-state index is 11.8. The molecule has 6 heteroatoms. The number of benzene rings is 1. The highest BCUT2D eigenvalue weighted by Crippen LogP contribution is 2.23. The molecule has 0 bridgehead atoms. The van der Waals surface area contributed by atoms with Gasteiger partial charge in [0.2, 0.25) is 5.91 Å². The zero-order chi connectivity index (χ0) is 13.8. The van der Waals surface area contributed by atoms with Crippen LogP contribution in [0.4, 0.5) is 5.00 Å². The molecule has 0 aliphatic heterocycles. The highest BCUT2D eigenvalue weighted by Gasteiger charge is 2.13. The second kappa shape index (κ2) is 5.99. The van der Waals surface area contributed by atoms with Gasteiger partial charge in [-0.1, -0.05) is 28.1 Å². The minimum Gasteiger partial charge on any atom is -0.478 e. The van der Waals surface area contributed by atoms with Crippen molar-refractivity contribution in [2.45, 2.75) is 6.42 Å². The van der Waals surface area contributed by atoms with E-state index in [0.29, 0.717) is 5.00 Å². The molecule has 0 fully saturated rings. The molecule has 98 valence electrons. The van der Waals surface area contributed by atoms with Crippen LogP contribution in [0.1, 0.15) is 15.9 Å². The Morgan fingerprint density at radius 3 is 2.53 bits per heavy atom. The fourth-order valence-corrected chi connectivity index (χ4v) is 2.59. The Kier molecular flexibility index (Phi) is 4.34. The summed E-state index contributed by atoms with van der Waals surface area (Å²) in [6.45, 7) is 0. The normalized spacial score (nSPS) is 10.2. The number of carbonyl (C=O) groups excluding carboxylic acids is 1. The monoisotopic (exact) mass is 339 g/mol. The van der Waals surface area contributed by atoms with E-state index in [1.807, 2.05) is 24.3 Å². The van der Waals surface area contributed by atoms with Crippen molar-refractivity contribution >= 4 is 44.1 Å². The zero-order valence-corrected chi connectivity index (χ0v) is 12.1. The molecule has 1 aromatic heterocycles. The SMILES string of the molecule is O=C(Cc1ccc(Br)cc1)Nc1sccc1C(=O)O. The highest BCUT2D eigenvalue weighted by atomic mass is 79.9. The molecule has 0 radical (unpaired) electrons. The first-order valence-corrected chi connectivity index (χ1v) is 7.08. The molecular formula is C13H10BrNO3S. The molecule has 1 amide bonds. The Labute approximate surface area is 122 Å². The Bertz CT molecular complexity index is 607. The van der Waals surface area contributed by atoms with Crippen LogP contribution in [-0.2, 0) is 11.2 Å². The summed E-state index contributed by atoms with van der Waals surface area (Å²) in [4.78, 5) is 22.7. The molecule has 2 rings (SSSR count). The fourth-order valence-electron chi connectivity index (χ4n) is 1.53. The van der Waals surface area contributed by atoms with Crippen LogP contribution in [0.5, 0.6) is 0 Å². The lowest BCUT2D eigenvalue weighted by atomic mass is 10.1. The van der Waals surface area contributed by atoms with Gasteiger partial charge in [-0.15, -0.1) is 11.3 Å². The smallest absolute Gasteiger partial charge is 0.338 e. The second-order valence-electron chi connectivity index (χ2n) is 3.82. The third-order valence-corrected chi connectivity index (χ3v) is 3.79. The minimum absolute atomic E-state index is 0.120. The average Bonchev–Trinajstić information content (AvgIpc) is 2.80. The van der Waals surface area contributed by atoms with E-state index >= 15 is 0 Å². The molecule has 19 heavy (non-hydrogen) atoms. The van der Waals surface area contributed by atoms with Crippen LogP contribution >= 0.6 is 27.3 Å². The third-order valence-electron chi connectivity index (χ3n) is 2.43. The van der Waals surface area contributed by atoms with E-state index in [1.165, 1.54) is 17.4 Å². The topological polar surface area (TPSA) is 66.4 Å². The minimum atomic E-state index is -1.04. The van der Waals surface area contributed by atoms with Crippen LogP contribution in [0.15, 0.2) is 40.2 Å². The molecule has 2 N–H and O–H groups in total. The van der Waals surface area contributed by atoms with Gasteiger partial charge in [-0.2, -0.15) is 0 Å². The Morgan fingerprint density at radius 1 is 1.21 bits per heavy atom. The number of hydrogen-bond acceptors (Lipinski definition) is 3. The first kappa shape index (κ1) is 13.8. The Balaban J connectivity index is 2.03. The Morgan fingerprint density at radius 2 is 1.89 bits per heavy atom. The van der Waals surface area contributed by atoms with E-state index in [0.717, 1.165) is 10.0 Å². The lowest BCUT2D eigenvalue weighted by Crippen LogP contribution is -2.15. The third kappa shape index (κ3) is 3.65. The first-order valence-electron chi connectivity index (χ1n) is 5.41. The molecule has 0 spiro atoms. The van der Waals surface area contributed by atoms with Crippen LogP contribution < -0.4 is 5.32 Å². The highest BCUT2D eigenvalue weighted by molar-refractivity contribution is 9.10.